The van der Waals surface area contributed by atoms with Gasteiger partial charge < -0.3 is 15.2 Å². The van der Waals surface area contributed by atoms with Gasteiger partial charge in [-0.25, -0.2) is 0 Å². The van der Waals surface area contributed by atoms with E-state index in [-0.39, 0.29) is 11.5 Å². The number of alkyl halides is 3. The van der Waals surface area contributed by atoms with Crippen molar-refractivity contribution in [2.75, 3.05) is 20.8 Å². The maximum Gasteiger partial charge on any atom is 0.420 e. The smallest absolute Gasteiger partial charge is 0.420 e. The van der Waals surface area contributed by atoms with Gasteiger partial charge in [0, 0.05) is 0 Å². The Morgan fingerprint density at radius 1 is 1.17 bits per heavy atom. The Hall–Kier alpha value is -1.43. The zero-order chi connectivity index (χ0) is 13.8. The van der Waals surface area contributed by atoms with E-state index in [9.17, 15) is 13.2 Å². The summed E-state index contributed by atoms with van der Waals surface area (Å²) in [6.07, 6.45) is -3.47. The minimum absolute atomic E-state index is 0.156. The molecule has 0 saturated carbocycles. The van der Waals surface area contributed by atoms with Crippen LogP contribution in [0.3, 0.4) is 0 Å². The van der Waals surface area contributed by atoms with E-state index in [1.165, 1.54) is 14.2 Å². The summed E-state index contributed by atoms with van der Waals surface area (Å²) in [6.45, 7) is 0.404. The first-order chi connectivity index (χ1) is 8.43. The van der Waals surface area contributed by atoms with Crippen LogP contribution in [0, 0.1) is 0 Å². The molecule has 0 aliphatic carbocycles. The van der Waals surface area contributed by atoms with Gasteiger partial charge in [-0.2, -0.15) is 13.2 Å². The van der Waals surface area contributed by atoms with E-state index < -0.39 is 11.7 Å². The minimum atomic E-state index is -4.47. The number of methoxy groups -OCH3 is 2. The molecule has 0 amide bonds. The third-order valence-corrected chi connectivity index (χ3v) is 2.53. The fraction of sp³-hybridized carbons (Fsp3) is 0.500. The molecule has 0 saturated heterocycles. The van der Waals surface area contributed by atoms with Gasteiger partial charge in [0.25, 0.3) is 0 Å². The van der Waals surface area contributed by atoms with Crippen molar-refractivity contribution in [3.05, 3.63) is 23.3 Å². The predicted molar refractivity (Wildman–Crippen MR) is 61.9 cm³/mol. The van der Waals surface area contributed by atoms with Crippen LogP contribution in [0.25, 0.3) is 0 Å². The van der Waals surface area contributed by atoms with Gasteiger partial charge in [-0.1, -0.05) is 0 Å². The summed E-state index contributed by atoms with van der Waals surface area (Å²) in [5, 5.41) is 0. The fourth-order valence-corrected chi connectivity index (χ4v) is 1.71. The quantitative estimate of drug-likeness (QED) is 0.888. The van der Waals surface area contributed by atoms with E-state index >= 15 is 0 Å². The summed E-state index contributed by atoms with van der Waals surface area (Å²) in [4.78, 5) is 0. The van der Waals surface area contributed by atoms with Crippen LogP contribution in [0.4, 0.5) is 13.2 Å². The average molecular weight is 263 g/mol. The molecule has 102 valence electrons. The van der Waals surface area contributed by atoms with Crippen LogP contribution in [0.2, 0.25) is 0 Å². The molecule has 1 aromatic rings. The van der Waals surface area contributed by atoms with Gasteiger partial charge in [-0.05, 0) is 37.1 Å². The Morgan fingerprint density at radius 3 is 2.28 bits per heavy atom. The van der Waals surface area contributed by atoms with Gasteiger partial charge in [0.05, 0.1) is 14.2 Å². The maximum absolute atomic E-state index is 12.9. The third-order valence-electron chi connectivity index (χ3n) is 2.53. The van der Waals surface area contributed by atoms with Crippen LogP contribution >= 0.6 is 0 Å². The predicted octanol–water partition coefficient (Wildman–Crippen LogP) is 2.61. The number of hydrogen-bond donors (Lipinski definition) is 1. The van der Waals surface area contributed by atoms with E-state index in [1.807, 2.05) is 0 Å². The molecule has 0 unspecified atom stereocenters. The highest BCUT2D eigenvalue weighted by Crippen LogP contribution is 2.41. The Bertz CT molecular complexity index is 405. The van der Waals surface area contributed by atoms with E-state index in [0.717, 1.165) is 6.07 Å². The van der Waals surface area contributed by atoms with E-state index in [2.05, 4.69) is 0 Å². The van der Waals surface area contributed by atoms with Crippen molar-refractivity contribution in [2.24, 2.45) is 5.73 Å². The number of rotatable bonds is 5. The topological polar surface area (TPSA) is 44.5 Å². The number of aryl methyl sites for hydroxylation is 1. The first-order valence-electron chi connectivity index (χ1n) is 5.46. The largest absolute Gasteiger partial charge is 0.497 e. The highest BCUT2D eigenvalue weighted by atomic mass is 19.4. The molecule has 1 aromatic carbocycles. The standard InChI is InChI=1S/C12H16F3NO2/c1-17-9-6-8(4-3-5-16)11(18-2)10(7-9)12(13,14)15/h6-7H,3-5,16H2,1-2H3. The summed E-state index contributed by atoms with van der Waals surface area (Å²) in [6, 6.07) is 2.48. The molecule has 2 N–H and O–H groups in total. The van der Waals surface area contributed by atoms with Crippen molar-refractivity contribution in [3.63, 3.8) is 0 Å². The second-order valence-corrected chi connectivity index (χ2v) is 3.76. The van der Waals surface area contributed by atoms with Crippen molar-refractivity contribution >= 4 is 0 Å². The highest BCUT2D eigenvalue weighted by Gasteiger charge is 2.36. The number of hydrogen-bond acceptors (Lipinski definition) is 3. The minimum Gasteiger partial charge on any atom is -0.497 e. The molecule has 3 nitrogen and oxygen atoms in total. The van der Waals surface area contributed by atoms with E-state index in [1.54, 1.807) is 6.07 Å². The lowest BCUT2D eigenvalue weighted by molar-refractivity contribution is -0.138. The molecule has 0 aliphatic rings. The van der Waals surface area contributed by atoms with Crippen molar-refractivity contribution in [2.45, 2.75) is 19.0 Å². The molecule has 0 aromatic heterocycles. The molecule has 6 heteroatoms. The molecule has 0 fully saturated rings. The normalized spacial score (nSPS) is 11.4. The lowest BCUT2D eigenvalue weighted by atomic mass is 10.0. The lowest BCUT2D eigenvalue weighted by Gasteiger charge is -2.17. The summed E-state index contributed by atoms with van der Waals surface area (Å²) in [7, 11) is 2.55. The van der Waals surface area contributed by atoms with E-state index in [0.29, 0.717) is 24.9 Å². The third kappa shape index (κ3) is 3.29. The molecule has 1 rings (SSSR count). The Labute approximate surface area is 104 Å². The molecule has 18 heavy (non-hydrogen) atoms. The molecule has 0 heterocycles. The van der Waals surface area contributed by atoms with Gasteiger partial charge in [0.1, 0.15) is 17.1 Å². The monoisotopic (exact) mass is 263 g/mol. The van der Waals surface area contributed by atoms with Crippen molar-refractivity contribution in [1.29, 1.82) is 0 Å². The van der Waals surface area contributed by atoms with Crippen molar-refractivity contribution in [3.8, 4) is 11.5 Å². The second-order valence-electron chi connectivity index (χ2n) is 3.76. The molecule has 0 bridgehead atoms. The van der Waals surface area contributed by atoms with Crippen LogP contribution in [0.5, 0.6) is 11.5 Å². The van der Waals surface area contributed by atoms with Crippen LogP contribution in [0.1, 0.15) is 17.5 Å². The number of benzene rings is 1. The summed E-state index contributed by atoms with van der Waals surface area (Å²) in [5.41, 5.74) is 5.00. The average Bonchev–Trinajstić information content (AvgIpc) is 2.33. The fourth-order valence-electron chi connectivity index (χ4n) is 1.71. The lowest BCUT2D eigenvalue weighted by Crippen LogP contribution is -2.10. The number of nitrogens with two attached hydrogens (primary N) is 1. The maximum atomic E-state index is 12.9. The Morgan fingerprint density at radius 2 is 1.83 bits per heavy atom. The number of ether oxygens (including phenoxy) is 2. The van der Waals surface area contributed by atoms with Gasteiger partial charge in [0.15, 0.2) is 0 Å². The zero-order valence-electron chi connectivity index (χ0n) is 10.3. The van der Waals surface area contributed by atoms with Crippen molar-refractivity contribution < 1.29 is 22.6 Å². The highest BCUT2D eigenvalue weighted by molar-refractivity contribution is 5.48. The molecule has 0 atom stereocenters. The van der Waals surface area contributed by atoms with Gasteiger partial charge >= 0.3 is 6.18 Å². The van der Waals surface area contributed by atoms with Gasteiger partial charge in [-0.3, -0.25) is 0 Å². The number of halogens is 3. The van der Waals surface area contributed by atoms with Crippen LogP contribution in [0.15, 0.2) is 12.1 Å². The van der Waals surface area contributed by atoms with Gasteiger partial charge in [-0.15, -0.1) is 0 Å². The summed E-state index contributed by atoms with van der Waals surface area (Å²) >= 11 is 0. The Kier molecular flexibility index (Phi) is 4.84. The first-order valence-corrected chi connectivity index (χ1v) is 5.46. The molecular weight excluding hydrogens is 247 g/mol. The van der Waals surface area contributed by atoms with Gasteiger partial charge in [0.2, 0.25) is 0 Å². The summed E-state index contributed by atoms with van der Waals surface area (Å²) < 4.78 is 48.4. The van der Waals surface area contributed by atoms with E-state index in [4.69, 9.17) is 15.2 Å². The van der Waals surface area contributed by atoms with Crippen LogP contribution in [-0.4, -0.2) is 20.8 Å². The SMILES string of the molecule is COc1cc(CCCN)c(OC)c(C(F)(F)F)c1. The first kappa shape index (κ1) is 14.6. The molecule has 0 spiro atoms. The zero-order valence-corrected chi connectivity index (χ0v) is 10.3. The van der Waals surface area contributed by atoms with Crippen LogP contribution < -0.4 is 15.2 Å². The van der Waals surface area contributed by atoms with Crippen LogP contribution in [-0.2, 0) is 12.6 Å². The second kappa shape index (κ2) is 5.95. The molecule has 0 radical (unpaired) electrons. The molecule has 0 aliphatic heterocycles. The molecular formula is C12H16F3NO2. The van der Waals surface area contributed by atoms with Crippen molar-refractivity contribution in [1.82, 2.24) is 0 Å². The Balaban J connectivity index is 3.30. The summed E-state index contributed by atoms with van der Waals surface area (Å²) in [5.74, 6) is 0.00639.